The molecule has 0 saturated heterocycles. The number of carbonyl (C=O) groups excluding carboxylic acids is 1. The van der Waals surface area contributed by atoms with Gasteiger partial charge in [0, 0.05) is 6.54 Å². The van der Waals surface area contributed by atoms with Gasteiger partial charge < -0.3 is 10.4 Å². The van der Waals surface area contributed by atoms with E-state index in [1.165, 1.54) is 10.7 Å². The van der Waals surface area contributed by atoms with Gasteiger partial charge in [0.2, 0.25) is 0 Å². The summed E-state index contributed by atoms with van der Waals surface area (Å²) in [6.07, 6.45) is 4.40. The molecule has 2 aromatic rings. The van der Waals surface area contributed by atoms with Crippen molar-refractivity contribution in [3.63, 3.8) is 0 Å². The van der Waals surface area contributed by atoms with E-state index in [1.54, 1.807) is 19.1 Å². The lowest BCUT2D eigenvalue weighted by molar-refractivity contribution is 0.00526. The second kappa shape index (κ2) is 7.01. The molecule has 0 atom stereocenters. The van der Waals surface area contributed by atoms with E-state index >= 15 is 0 Å². The zero-order valence-electron chi connectivity index (χ0n) is 14.0. The molecule has 1 amide bonds. The number of amides is 1. The van der Waals surface area contributed by atoms with Crippen molar-refractivity contribution in [3.8, 4) is 5.69 Å². The molecule has 25 heavy (non-hydrogen) atoms. The number of aromatic amines is 1. The molecule has 1 aliphatic carbocycles. The molecule has 0 radical (unpaired) electrons. The molecule has 1 saturated carbocycles. The smallest absolute Gasteiger partial charge is 0.348 e. The van der Waals surface area contributed by atoms with Crippen LogP contribution in [0.1, 0.15) is 48.3 Å². The van der Waals surface area contributed by atoms with Crippen LogP contribution in [0.5, 0.6) is 0 Å². The van der Waals surface area contributed by atoms with Crippen molar-refractivity contribution in [2.75, 3.05) is 6.54 Å². The standard InChI is InChI=1S/C17H21ClN4O3/c1-11-20-16(24)22(21-11)12-5-6-14(18)13(9-12)15(23)19-10-17(25)7-3-2-4-8-17/h5-6,9,25H,2-4,7-8,10H2,1H3,(H,19,23)(H,20,21,24). The molecule has 7 nitrogen and oxygen atoms in total. The molecule has 3 N–H and O–H groups in total. The number of nitrogens with zero attached hydrogens (tertiary/aromatic N) is 2. The number of nitrogens with one attached hydrogen (secondary N) is 2. The molecule has 0 aliphatic heterocycles. The molecule has 134 valence electrons. The van der Waals surface area contributed by atoms with Gasteiger partial charge in [-0.3, -0.25) is 9.78 Å². The summed E-state index contributed by atoms with van der Waals surface area (Å²) >= 11 is 6.14. The first-order valence-corrected chi connectivity index (χ1v) is 8.72. The molecule has 8 heteroatoms. The van der Waals surface area contributed by atoms with Crippen LogP contribution in [-0.2, 0) is 0 Å². The summed E-state index contributed by atoms with van der Waals surface area (Å²) in [6, 6.07) is 4.69. The van der Waals surface area contributed by atoms with Crippen LogP contribution in [0.25, 0.3) is 5.69 Å². The Balaban J connectivity index is 1.79. The number of halogens is 1. The summed E-state index contributed by atoms with van der Waals surface area (Å²) in [5.41, 5.74) is -0.553. The number of rotatable bonds is 4. The average Bonchev–Trinajstić information content (AvgIpc) is 2.92. The van der Waals surface area contributed by atoms with Crippen LogP contribution in [0, 0.1) is 6.92 Å². The Kier molecular flexibility index (Phi) is 4.96. The number of aliphatic hydroxyl groups is 1. The highest BCUT2D eigenvalue weighted by Gasteiger charge is 2.29. The number of hydrogen-bond donors (Lipinski definition) is 3. The minimum Gasteiger partial charge on any atom is -0.388 e. The highest BCUT2D eigenvalue weighted by molar-refractivity contribution is 6.33. The van der Waals surface area contributed by atoms with Crippen molar-refractivity contribution in [2.24, 2.45) is 0 Å². The average molecular weight is 365 g/mol. The lowest BCUT2D eigenvalue weighted by Crippen LogP contribution is -2.44. The Hall–Kier alpha value is -2.12. The Morgan fingerprint density at radius 3 is 2.76 bits per heavy atom. The molecule has 0 bridgehead atoms. The van der Waals surface area contributed by atoms with Crippen molar-refractivity contribution in [1.29, 1.82) is 0 Å². The van der Waals surface area contributed by atoms with Gasteiger partial charge in [-0.15, -0.1) is 0 Å². The van der Waals surface area contributed by atoms with Crippen LogP contribution in [0.3, 0.4) is 0 Å². The van der Waals surface area contributed by atoms with E-state index in [0.717, 1.165) is 19.3 Å². The predicted octanol–water partition coefficient (Wildman–Crippen LogP) is 1.95. The first kappa shape index (κ1) is 17.7. The number of carbonyl (C=O) groups is 1. The summed E-state index contributed by atoms with van der Waals surface area (Å²) in [5.74, 6) is 0.0941. The van der Waals surface area contributed by atoms with Crippen LogP contribution >= 0.6 is 11.6 Å². The van der Waals surface area contributed by atoms with E-state index in [1.807, 2.05) is 0 Å². The minimum atomic E-state index is -0.853. The monoisotopic (exact) mass is 364 g/mol. The number of aromatic nitrogens is 3. The van der Waals surface area contributed by atoms with Crippen molar-refractivity contribution < 1.29 is 9.90 Å². The lowest BCUT2D eigenvalue weighted by atomic mass is 9.85. The fraction of sp³-hybridized carbons (Fsp3) is 0.471. The van der Waals surface area contributed by atoms with E-state index in [0.29, 0.717) is 24.4 Å². The van der Waals surface area contributed by atoms with Gasteiger partial charge in [0.05, 0.1) is 21.9 Å². The Bertz CT molecular complexity index is 837. The third-order valence-corrected chi connectivity index (χ3v) is 4.86. The number of H-pyrrole nitrogens is 1. The summed E-state index contributed by atoms with van der Waals surface area (Å²) in [4.78, 5) is 26.9. The molecule has 0 unspecified atom stereocenters. The Labute approximate surface area is 150 Å². The van der Waals surface area contributed by atoms with E-state index in [-0.39, 0.29) is 28.7 Å². The molecule has 1 aromatic carbocycles. The predicted molar refractivity (Wildman–Crippen MR) is 94.3 cm³/mol. The fourth-order valence-electron chi connectivity index (χ4n) is 3.15. The van der Waals surface area contributed by atoms with Crippen molar-refractivity contribution in [1.82, 2.24) is 20.1 Å². The topological polar surface area (TPSA) is 100 Å². The fourth-order valence-corrected chi connectivity index (χ4v) is 3.35. The van der Waals surface area contributed by atoms with Gasteiger partial charge in [-0.05, 0) is 38.0 Å². The van der Waals surface area contributed by atoms with Crippen LogP contribution < -0.4 is 11.0 Å². The molecular formula is C17H21ClN4O3. The highest BCUT2D eigenvalue weighted by Crippen LogP contribution is 2.27. The first-order chi connectivity index (χ1) is 11.9. The van der Waals surface area contributed by atoms with Crippen molar-refractivity contribution in [2.45, 2.75) is 44.6 Å². The maximum absolute atomic E-state index is 12.5. The molecule has 1 aliphatic rings. The third kappa shape index (κ3) is 3.93. The second-order valence-electron chi connectivity index (χ2n) is 6.56. The van der Waals surface area contributed by atoms with Gasteiger partial charge in [-0.2, -0.15) is 9.78 Å². The van der Waals surface area contributed by atoms with Crippen LogP contribution in [0.15, 0.2) is 23.0 Å². The van der Waals surface area contributed by atoms with Crippen molar-refractivity contribution in [3.05, 3.63) is 45.1 Å². The van der Waals surface area contributed by atoms with Gasteiger partial charge in [0.1, 0.15) is 5.82 Å². The van der Waals surface area contributed by atoms with Crippen LogP contribution in [-0.4, -0.2) is 37.9 Å². The van der Waals surface area contributed by atoms with Crippen LogP contribution in [0.4, 0.5) is 0 Å². The Morgan fingerprint density at radius 2 is 2.12 bits per heavy atom. The van der Waals surface area contributed by atoms with Gasteiger partial charge in [0.15, 0.2) is 0 Å². The van der Waals surface area contributed by atoms with E-state index in [4.69, 9.17) is 11.6 Å². The van der Waals surface area contributed by atoms with Gasteiger partial charge in [-0.25, -0.2) is 4.79 Å². The molecule has 1 fully saturated rings. The molecule has 0 spiro atoms. The number of benzene rings is 1. The molecule has 1 aromatic heterocycles. The van der Waals surface area contributed by atoms with Gasteiger partial charge in [0.25, 0.3) is 5.91 Å². The van der Waals surface area contributed by atoms with Crippen LogP contribution in [0.2, 0.25) is 5.02 Å². The lowest BCUT2D eigenvalue weighted by Gasteiger charge is -2.32. The third-order valence-electron chi connectivity index (χ3n) is 4.53. The van der Waals surface area contributed by atoms with E-state index < -0.39 is 5.60 Å². The molecule has 1 heterocycles. The van der Waals surface area contributed by atoms with Gasteiger partial charge >= 0.3 is 5.69 Å². The highest BCUT2D eigenvalue weighted by atomic mass is 35.5. The maximum Gasteiger partial charge on any atom is 0.348 e. The largest absolute Gasteiger partial charge is 0.388 e. The number of aryl methyl sites for hydroxylation is 1. The maximum atomic E-state index is 12.5. The SMILES string of the molecule is Cc1nn(-c2ccc(Cl)c(C(=O)NCC3(O)CCCCC3)c2)c(=O)[nH]1. The van der Waals surface area contributed by atoms with Crippen molar-refractivity contribution >= 4 is 17.5 Å². The zero-order chi connectivity index (χ0) is 18.0. The quantitative estimate of drug-likeness (QED) is 0.771. The summed E-state index contributed by atoms with van der Waals surface area (Å²) in [6.45, 7) is 1.86. The molecule has 3 rings (SSSR count). The zero-order valence-corrected chi connectivity index (χ0v) is 14.8. The summed E-state index contributed by atoms with van der Waals surface area (Å²) < 4.78 is 1.18. The minimum absolute atomic E-state index is 0.188. The van der Waals surface area contributed by atoms with E-state index in [9.17, 15) is 14.7 Å². The second-order valence-corrected chi connectivity index (χ2v) is 6.97. The first-order valence-electron chi connectivity index (χ1n) is 8.34. The normalized spacial score (nSPS) is 16.6. The summed E-state index contributed by atoms with van der Waals surface area (Å²) in [5, 5.41) is 17.6. The molecular weight excluding hydrogens is 344 g/mol. The Morgan fingerprint density at radius 1 is 1.40 bits per heavy atom. The summed E-state index contributed by atoms with van der Waals surface area (Å²) in [7, 11) is 0. The number of hydrogen-bond acceptors (Lipinski definition) is 4. The van der Waals surface area contributed by atoms with Gasteiger partial charge in [-0.1, -0.05) is 30.9 Å². The van der Waals surface area contributed by atoms with E-state index in [2.05, 4.69) is 15.4 Å².